The number of ether oxygens (including phenoxy) is 1. The predicted molar refractivity (Wildman–Crippen MR) is 116 cm³/mol. The molecule has 3 heterocycles. The van der Waals surface area contributed by atoms with Crippen LogP contribution in [0.1, 0.15) is 38.9 Å². The highest BCUT2D eigenvalue weighted by Gasteiger charge is 2.27. The first-order chi connectivity index (χ1) is 15.0. The number of aromatic nitrogens is 1. The highest BCUT2D eigenvalue weighted by Crippen LogP contribution is 2.30. The van der Waals surface area contributed by atoms with Crippen molar-refractivity contribution in [2.75, 3.05) is 7.11 Å². The number of pyridine rings is 1. The van der Waals surface area contributed by atoms with E-state index in [1.54, 1.807) is 26.3 Å². The van der Waals surface area contributed by atoms with Crippen LogP contribution in [0.5, 0.6) is 5.88 Å². The molecule has 156 valence electrons. The Bertz CT molecular complexity index is 1220. The molecule has 1 aromatic heterocycles. The Hall–Kier alpha value is -3.54. The van der Waals surface area contributed by atoms with Crippen molar-refractivity contribution in [2.45, 2.75) is 33.0 Å². The Morgan fingerprint density at radius 1 is 1.10 bits per heavy atom. The van der Waals surface area contributed by atoms with Crippen LogP contribution in [-0.4, -0.2) is 28.6 Å². The molecular weight excluding hydrogens is 393 g/mol. The number of benzene rings is 2. The first-order valence-corrected chi connectivity index (χ1v) is 10.2. The number of rotatable bonds is 4. The third-order valence-corrected chi connectivity index (χ3v) is 5.96. The molecule has 0 unspecified atom stereocenters. The molecule has 0 saturated carbocycles. The average molecular weight is 415 g/mol. The number of methoxy groups -OCH3 is 1. The Morgan fingerprint density at radius 2 is 1.97 bits per heavy atom. The summed E-state index contributed by atoms with van der Waals surface area (Å²) in [6.07, 6.45) is 2.15. The van der Waals surface area contributed by atoms with Crippen LogP contribution in [0.25, 0.3) is 0 Å². The van der Waals surface area contributed by atoms with Crippen LogP contribution in [0.2, 0.25) is 0 Å². The van der Waals surface area contributed by atoms with Crippen molar-refractivity contribution < 1.29 is 13.9 Å². The zero-order valence-electron chi connectivity index (χ0n) is 17.5. The van der Waals surface area contributed by atoms with Gasteiger partial charge in [-0.25, -0.2) is 9.37 Å². The normalized spacial score (nSPS) is 14.9. The van der Waals surface area contributed by atoms with Crippen molar-refractivity contribution in [3.05, 3.63) is 93.4 Å². The molecule has 5 nitrogen and oxygen atoms in total. The smallest absolute Gasteiger partial charge is 0.227 e. The molecule has 2 aliphatic rings. The molecule has 0 atom stereocenters. The molecule has 0 radical (unpaired) electrons. The van der Waals surface area contributed by atoms with E-state index in [1.165, 1.54) is 6.07 Å². The third-order valence-electron chi connectivity index (χ3n) is 5.96. The van der Waals surface area contributed by atoms with Gasteiger partial charge in [-0.1, -0.05) is 18.2 Å². The Labute approximate surface area is 180 Å². The zero-order chi connectivity index (χ0) is 21.5. The standard InChI is InChI=1S/C25H22FN3O2/c1-15-7-16(3-5-22(15)26)13-29-14-20-9-21-19(8-18(20)10-24(29)30)12-28-25(21)17-4-6-23(31-2)27-11-17/h3-9,11H,10,12-14H2,1-2H3. The number of aryl methyl sites for hydroxylation is 1. The van der Waals surface area contributed by atoms with Gasteiger partial charge in [0.1, 0.15) is 5.82 Å². The maximum absolute atomic E-state index is 13.6. The van der Waals surface area contributed by atoms with Gasteiger partial charge in [0.05, 0.1) is 25.8 Å². The van der Waals surface area contributed by atoms with Crippen LogP contribution >= 0.6 is 0 Å². The second-order valence-corrected chi connectivity index (χ2v) is 8.04. The number of carbonyl (C=O) groups is 1. The third kappa shape index (κ3) is 3.58. The minimum Gasteiger partial charge on any atom is -0.481 e. The highest BCUT2D eigenvalue weighted by atomic mass is 19.1. The van der Waals surface area contributed by atoms with Gasteiger partial charge < -0.3 is 9.64 Å². The van der Waals surface area contributed by atoms with E-state index < -0.39 is 0 Å². The largest absolute Gasteiger partial charge is 0.481 e. The topological polar surface area (TPSA) is 54.8 Å². The molecule has 0 fully saturated rings. The highest BCUT2D eigenvalue weighted by molar-refractivity contribution is 6.15. The molecule has 1 amide bonds. The molecule has 0 aliphatic carbocycles. The summed E-state index contributed by atoms with van der Waals surface area (Å²) in [5.41, 5.74) is 7.83. The van der Waals surface area contributed by atoms with Gasteiger partial charge in [-0.15, -0.1) is 0 Å². The maximum atomic E-state index is 13.6. The fourth-order valence-electron chi connectivity index (χ4n) is 4.28. The fraction of sp³-hybridized carbons (Fsp3) is 0.240. The second-order valence-electron chi connectivity index (χ2n) is 8.04. The molecule has 0 N–H and O–H groups in total. The summed E-state index contributed by atoms with van der Waals surface area (Å²) < 4.78 is 18.7. The predicted octanol–water partition coefficient (Wildman–Crippen LogP) is 3.97. The van der Waals surface area contributed by atoms with Crippen LogP contribution in [0.3, 0.4) is 0 Å². The van der Waals surface area contributed by atoms with Crippen molar-refractivity contribution in [3.63, 3.8) is 0 Å². The van der Waals surface area contributed by atoms with Crippen molar-refractivity contribution >= 4 is 11.6 Å². The minimum atomic E-state index is -0.227. The lowest BCUT2D eigenvalue weighted by Crippen LogP contribution is -2.35. The monoisotopic (exact) mass is 415 g/mol. The minimum absolute atomic E-state index is 0.0907. The van der Waals surface area contributed by atoms with E-state index in [9.17, 15) is 9.18 Å². The number of halogens is 1. The molecular formula is C25H22FN3O2. The summed E-state index contributed by atoms with van der Waals surface area (Å²) >= 11 is 0. The van der Waals surface area contributed by atoms with Crippen LogP contribution in [0, 0.1) is 12.7 Å². The maximum Gasteiger partial charge on any atom is 0.227 e. The van der Waals surface area contributed by atoms with E-state index >= 15 is 0 Å². The number of amides is 1. The van der Waals surface area contributed by atoms with Crippen molar-refractivity contribution in [1.82, 2.24) is 9.88 Å². The van der Waals surface area contributed by atoms with E-state index in [2.05, 4.69) is 17.1 Å². The number of fused-ring (bicyclic) bond motifs is 2. The Morgan fingerprint density at radius 3 is 2.71 bits per heavy atom. The van der Waals surface area contributed by atoms with Gasteiger partial charge in [0.15, 0.2) is 0 Å². The summed E-state index contributed by atoms with van der Waals surface area (Å²) in [7, 11) is 1.59. The summed E-state index contributed by atoms with van der Waals surface area (Å²) in [6, 6.07) is 13.1. The first-order valence-electron chi connectivity index (χ1n) is 10.2. The average Bonchev–Trinajstić information content (AvgIpc) is 3.18. The van der Waals surface area contributed by atoms with E-state index in [-0.39, 0.29) is 11.7 Å². The van der Waals surface area contributed by atoms with Gasteiger partial charge >= 0.3 is 0 Å². The van der Waals surface area contributed by atoms with Crippen LogP contribution in [0.15, 0.2) is 53.7 Å². The molecule has 2 aliphatic heterocycles. The number of hydrogen-bond donors (Lipinski definition) is 0. The summed E-state index contributed by atoms with van der Waals surface area (Å²) in [4.78, 5) is 23.6. The molecule has 3 aromatic rings. The Balaban J connectivity index is 1.42. The second kappa shape index (κ2) is 7.61. The zero-order valence-corrected chi connectivity index (χ0v) is 17.5. The van der Waals surface area contributed by atoms with E-state index in [0.717, 1.165) is 39.1 Å². The van der Waals surface area contributed by atoms with Gasteiger partial charge in [0.2, 0.25) is 11.8 Å². The van der Waals surface area contributed by atoms with Gasteiger partial charge in [-0.3, -0.25) is 9.79 Å². The SMILES string of the molecule is COc1ccc(C2=NCc3cc4c(cc32)CN(Cc2ccc(F)c(C)c2)C(=O)C4)cn1. The van der Waals surface area contributed by atoms with Crippen molar-refractivity contribution in [3.8, 4) is 5.88 Å². The van der Waals surface area contributed by atoms with E-state index in [1.807, 2.05) is 23.1 Å². The molecule has 31 heavy (non-hydrogen) atoms. The Kier molecular flexibility index (Phi) is 4.77. The summed E-state index contributed by atoms with van der Waals surface area (Å²) in [5.74, 6) is 0.431. The van der Waals surface area contributed by atoms with Crippen molar-refractivity contribution in [1.29, 1.82) is 0 Å². The van der Waals surface area contributed by atoms with Crippen LogP contribution in [0.4, 0.5) is 4.39 Å². The fourth-order valence-corrected chi connectivity index (χ4v) is 4.28. The molecule has 0 spiro atoms. The molecule has 5 rings (SSSR count). The van der Waals surface area contributed by atoms with Crippen LogP contribution < -0.4 is 4.74 Å². The summed E-state index contributed by atoms with van der Waals surface area (Å²) in [6.45, 7) is 3.35. The summed E-state index contributed by atoms with van der Waals surface area (Å²) in [5, 5.41) is 0. The lowest BCUT2D eigenvalue weighted by atomic mass is 9.91. The van der Waals surface area contributed by atoms with Gasteiger partial charge in [0.25, 0.3) is 0 Å². The number of nitrogens with zero attached hydrogens (tertiary/aromatic N) is 3. The molecule has 2 aromatic carbocycles. The van der Waals surface area contributed by atoms with Crippen molar-refractivity contribution in [2.24, 2.45) is 4.99 Å². The molecule has 0 bridgehead atoms. The van der Waals surface area contributed by atoms with Gasteiger partial charge in [-0.05, 0) is 52.9 Å². The van der Waals surface area contributed by atoms with Gasteiger partial charge in [0, 0.05) is 36.5 Å². The lowest BCUT2D eigenvalue weighted by Gasteiger charge is -2.29. The van der Waals surface area contributed by atoms with E-state index in [0.29, 0.717) is 37.5 Å². The van der Waals surface area contributed by atoms with E-state index in [4.69, 9.17) is 9.73 Å². The number of hydrogen-bond acceptors (Lipinski definition) is 4. The number of carbonyl (C=O) groups excluding carboxylic acids is 1. The van der Waals surface area contributed by atoms with Gasteiger partial charge in [-0.2, -0.15) is 0 Å². The molecule has 6 heteroatoms. The lowest BCUT2D eigenvalue weighted by molar-refractivity contribution is -0.132. The van der Waals surface area contributed by atoms with Crippen LogP contribution in [-0.2, 0) is 30.8 Å². The first kappa shape index (κ1) is 19.4. The number of aliphatic imine (C=N–C) groups is 1. The molecule has 0 saturated heterocycles. The quantitative estimate of drug-likeness (QED) is 0.648.